The zero-order valence-corrected chi connectivity index (χ0v) is 8.92. The quantitative estimate of drug-likeness (QED) is 0.753. The third-order valence-electron chi connectivity index (χ3n) is 2.05. The Bertz CT molecular complexity index is 366. The van der Waals surface area contributed by atoms with E-state index < -0.39 is 0 Å². The van der Waals surface area contributed by atoms with Gasteiger partial charge in [-0.3, -0.25) is 0 Å². The molecule has 0 atom stereocenters. The summed E-state index contributed by atoms with van der Waals surface area (Å²) in [5, 5.41) is 3.10. The monoisotopic (exact) mass is 224 g/mol. The first-order chi connectivity index (χ1) is 7.25. The van der Waals surface area contributed by atoms with Crippen LogP contribution in [-0.4, -0.2) is 24.4 Å². The maximum Gasteiger partial charge on any atom is 0.168 e. The summed E-state index contributed by atoms with van der Waals surface area (Å²) in [6.45, 7) is 1.28. The smallest absolute Gasteiger partial charge is 0.168 e. The molecular weight excluding hydrogens is 212 g/mol. The SMILES string of the molecule is NC(=S)Nc1ccccc1OC1COC1. The highest BCUT2D eigenvalue weighted by Gasteiger charge is 2.21. The van der Waals surface area contributed by atoms with Crippen molar-refractivity contribution in [1.29, 1.82) is 0 Å². The van der Waals surface area contributed by atoms with E-state index >= 15 is 0 Å². The molecule has 15 heavy (non-hydrogen) atoms. The van der Waals surface area contributed by atoms with Crippen LogP contribution in [0.4, 0.5) is 5.69 Å². The summed E-state index contributed by atoms with van der Waals surface area (Å²) in [6.07, 6.45) is 0.138. The number of hydrogen-bond donors (Lipinski definition) is 2. The Kier molecular flexibility index (Phi) is 3.03. The largest absolute Gasteiger partial charge is 0.483 e. The predicted octanol–water partition coefficient (Wildman–Crippen LogP) is 1.12. The lowest BCUT2D eigenvalue weighted by Gasteiger charge is -2.27. The molecule has 1 aromatic rings. The summed E-state index contributed by atoms with van der Waals surface area (Å²) in [6, 6.07) is 7.54. The second-order valence-corrected chi connectivity index (χ2v) is 3.70. The molecule has 0 saturated carbocycles. The van der Waals surface area contributed by atoms with Gasteiger partial charge in [0.05, 0.1) is 18.9 Å². The molecule has 1 fully saturated rings. The molecule has 1 saturated heterocycles. The third-order valence-corrected chi connectivity index (χ3v) is 2.15. The maximum absolute atomic E-state index is 5.68. The van der Waals surface area contributed by atoms with Gasteiger partial charge < -0.3 is 20.5 Å². The van der Waals surface area contributed by atoms with Crippen molar-refractivity contribution in [3.05, 3.63) is 24.3 Å². The Hall–Kier alpha value is -1.33. The van der Waals surface area contributed by atoms with E-state index in [1.54, 1.807) is 0 Å². The average Bonchev–Trinajstić information content (AvgIpc) is 2.13. The minimum Gasteiger partial charge on any atom is -0.483 e. The molecule has 0 unspecified atom stereocenters. The van der Waals surface area contributed by atoms with E-state index in [-0.39, 0.29) is 11.2 Å². The number of thiocarbonyl (C=S) groups is 1. The van der Waals surface area contributed by atoms with Crippen molar-refractivity contribution in [1.82, 2.24) is 0 Å². The number of anilines is 1. The number of nitrogens with two attached hydrogens (primary N) is 1. The van der Waals surface area contributed by atoms with E-state index in [1.807, 2.05) is 24.3 Å². The molecule has 1 aliphatic heterocycles. The summed E-state index contributed by atoms with van der Waals surface area (Å²) in [4.78, 5) is 0. The fourth-order valence-corrected chi connectivity index (χ4v) is 1.38. The molecule has 1 aromatic carbocycles. The lowest BCUT2D eigenvalue weighted by Crippen LogP contribution is -2.38. The first-order valence-corrected chi connectivity index (χ1v) is 5.06. The Labute approximate surface area is 93.4 Å². The fraction of sp³-hybridized carbons (Fsp3) is 0.300. The predicted molar refractivity (Wildman–Crippen MR) is 62.1 cm³/mol. The van der Waals surface area contributed by atoms with Gasteiger partial charge in [0.2, 0.25) is 0 Å². The van der Waals surface area contributed by atoms with Gasteiger partial charge in [0.15, 0.2) is 5.11 Å². The van der Waals surface area contributed by atoms with Gasteiger partial charge in [-0.2, -0.15) is 0 Å². The Balaban J connectivity index is 2.09. The zero-order valence-electron chi connectivity index (χ0n) is 8.10. The highest BCUT2D eigenvalue weighted by atomic mass is 32.1. The molecule has 0 amide bonds. The van der Waals surface area contributed by atoms with Crippen molar-refractivity contribution in [2.45, 2.75) is 6.10 Å². The van der Waals surface area contributed by atoms with Crippen molar-refractivity contribution < 1.29 is 9.47 Å². The summed E-state index contributed by atoms with van der Waals surface area (Å²) >= 11 is 4.78. The van der Waals surface area contributed by atoms with Gasteiger partial charge in [-0.05, 0) is 24.4 Å². The molecule has 4 nitrogen and oxygen atoms in total. The number of hydrogen-bond acceptors (Lipinski definition) is 3. The molecule has 2 rings (SSSR count). The van der Waals surface area contributed by atoms with Crippen molar-refractivity contribution >= 4 is 23.0 Å². The molecule has 0 aliphatic carbocycles. The van der Waals surface area contributed by atoms with E-state index in [0.717, 1.165) is 11.4 Å². The Morgan fingerprint density at radius 1 is 1.47 bits per heavy atom. The van der Waals surface area contributed by atoms with Crippen molar-refractivity contribution in [2.75, 3.05) is 18.5 Å². The van der Waals surface area contributed by atoms with Crippen LogP contribution in [0.3, 0.4) is 0 Å². The first kappa shape index (κ1) is 10.2. The van der Waals surface area contributed by atoms with Crippen molar-refractivity contribution in [2.24, 2.45) is 5.73 Å². The summed E-state index contributed by atoms with van der Waals surface area (Å²) in [5.41, 5.74) is 6.20. The first-order valence-electron chi connectivity index (χ1n) is 4.65. The molecule has 0 bridgehead atoms. The molecule has 80 valence electrons. The third kappa shape index (κ3) is 2.57. The summed E-state index contributed by atoms with van der Waals surface area (Å²) < 4.78 is 10.7. The van der Waals surface area contributed by atoms with Crippen LogP contribution in [-0.2, 0) is 4.74 Å². The molecule has 0 spiro atoms. The van der Waals surface area contributed by atoms with Gasteiger partial charge in [-0.15, -0.1) is 0 Å². The average molecular weight is 224 g/mol. The van der Waals surface area contributed by atoms with E-state index in [9.17, 15) is 0 Å². The van der Waals surface area contributed by atoms with Crippen LogP contribution >= 0.6 is 12.2 Å². The highest BCUT2D eigenvalue weighted by molar-refractivity contribution is 7.80. The second kappa shape index (κ2) is 4.46. The van der Waals surface area contributed by atoms with Crippen LogP contribution in [0.5, 0.6) is 5.75 Å². The summed E-state index contributed by atoms with van der Waals surface area (Å²) in [7, 11) is 0. The van der Waals surface area contributed by atoms with Crippen LogP contribution in [0.2, 0.25) is 0 Å². The van der Waals surface area contributed by atoms with E-state index in [4.69, 9.17) is 27.4 Å². The normalized spacial score (nSPS) is 15.5. The van der Waals surface area contributed by atoms with Gasteiger partial charge in [0, 0.05) is 0 Å². The van der Waals surface area contributed by atoms with Crippen LogP contribution in [0.15, 0.2) is 24.3 Å². The Morgan fingerprint density at radius 3 is 2.80 bits per heavy atom. The lowest BCUT2D eigenvalue weighted by molar-refractivity contribution is -0.0793. The molecule has 0 aromatic heterocycles. The Morgan fingerprint density at radius 2 is 2.20 bits per heavy atom. The molecule has 3 N–H and O–H groups in total. The number of benzene rings is 1. The van der Waals surface area contributed by atoms with Gasteiger partial charge in [-0.1, -0.05) is 12.1 Å². The minimum atomic E-state index is 0.138. The number of nitrogens with one attached hydrogen (secondary N) is 1. The fourth-order valence-electron chi connectivity index (χ4n) is 1.27. The van der Waals surface area contributed by atoms with E-state index in [0.29, 0.717) is 13.2 Å². The van der Waals surface area contributed by atoms with Crippen molar-refractivity contribution in [3.63, 3.8) is 0 Å². The number of rotatable bonds is 3. The molecule has 1 aliphatic rings. The molecule has 1 heterocycles. The van der Waals surface area contributed by atoms with Crippen LogP contribution < -0.4 is 15.8 Å². The van der Waals surface area contributed by atoms with Gasteiger partial charge in [-0.25, -0.2) is 0 Å². The van der Waals surface area contributed by atoms with Crippen LogP contribution in [0, 0.1) is 0 Å². The minimum absolute atomic E-state index is 0.138. The van der Waals surface area contributed by atoms with Gasteiger partial charge in [0.25, 0.3) is 0 Å². The topological polar surface area (TPSA) is 56.5 Å². The van der Waals surface area contributed by atoms with Gasteiger partial charge >= 0.3 is 0 Å². The summed E-state index contributed by atoms with van der Waals surface area (Å²) in [5.74, 6) is 0.749. The standard InChI is InChI=1S/C10H12N2O2S/c11-10(15)12-8-3-1-2-4-9(8)14-7-5-13-6-7/h1-4,7H,5-6H2,(H3,11,12,15). The second-order valence-electron chi connectivity index (χ2n) is 3.26. The number of para-hydroxylation sites is 2. The molecule has 0 radical (unpaired) electrons. The van der Waals surface area contributed by atoms with Gasteiger partial charge in [0.1, 0.15) is 11.9 Å². The van der Waals surface area contributed by atoms with Crippen LogP contribution in [0.25, 0.3) is 0 Å². The molecular formula is C10H12N2O2S. The van der Waals surface area contributed by atoms with E-state index in [1.165, 1.54) is 0 Å². The van der Waals surface area contributed by atoms with Crippen LogP contribution in [0.1, 0.15) is 0 Å². The zero-order chi connectivity index (χ0) is 10.7. The van der Waals surface area contributed by atoms with Crippen molar-refractivity contribution in [3.8, 4) is 5.75 Å². The highest BCUT2D eigenvalue weighted by Crippen LogP contribution is 2.25. The number of ether oxygens (including phenoxy) is 2. The lowest BCUT2D eigenvalue weighted by atomic mass is 10.2. The maximum atomic E-state index is 5.68. The van der Waals surface area contributed by atoms with E-state index in [2.05, 4.69) is 5.32 Å². The molecule has 5 heteroatoms.